The minimum absolute atomic E-state index is 0. The van der Waals surface area contributed by atoms with Gasteiger partial charge in [0.1, 0.15) is 0 Å². The van der Waals surface area contributed by atoms with Crippen LogP contribution in [0.5, 0.6) is 11.8 Å². The average Bonchev–Trinajstić information content (AvgIpc) is 3.69. The third-order valence-electron chi connectivity index (χ3n) is 7.91. The van der Waals surface area contributed by atoms with Crippen LogP contribution in [-0.4, -0.2) is 19.1 Å². The number of hydrogen-bond donors (Lipinski definition) is 0. The van der Waals surface area contributed by atoms with Gasteiger partial charge in [-0.05, 0) is 52.9 Å². The van der Waals surface area contributed by atoms with Crippen LogP contribution in [0.1, 0.15) is 76.0 Å². The fraction of sp³-hybridized carbons (Fsp3) is 0.231. The Labute approximate surface area is 281 Å². The smallest absolute Gasteiger partial charge is 0.446 e. The standard InChI is InChI=1S/C39H38N4O.Pt/c1-26(2)32-18-10-11-21-37(32)43-24-36(29-14-8-7-9-15-29)41-39(43)44-31-17-12-16-30(22-31)35-23-42(25-40-35)38-33(27(3)4)19-13-20-34(38)28(5)6;/h7-14,16-21,23-28H,1-6H3;/q-2;+2. The maximum atomic E-state index is 6.50. The first kappa shape index (κ1) is 32.2. The predicted octanol–water partition coefficient (Wildman–Crippen LogP) is 10.2. The van der Waals surface area contributed by atoms with Gasteiger partial charge in [-0.3, -0.25) is 9.55 Å². The zero-order valence-corrected chi connectivity index (χ0v) is 28.8. The number of rotatable bonds is 9. The Kier molecular flexibility index (Phi) is 9.89. The summed E-state index contributed by atoms with van der Waals surface area (Å²) in [4.78, 5) is 9.72. The van der Waals surface area contributed by atoms with Crippen LogP contribution < -0.4 is 4.74 Å². The number of ether oxygens (including phenoxy) is 1. The van der Waals surface area contributed by atoms with Crippen molar-refractivity contribution in [3.05, 3.63) is 132 Å². The molecule has 0 amide bonds. The van der Waals surface area contributed by atoms with Crippen LogP contribution in [0.2, 0.25) is 0 Å². The summed E-state index contributed by atoms with van der Waals surface area (Å²) in [5.74, 6) is 1.68. The second kappa shape index (κ2) is 13.8. The molecule has 0 atom stereocenters. The number of para-hydroxylation sites is 2. The molecule has 230 valence electrons. The van der Waals surface area contributed by atoms with Gasteiger partial charge >= 0.3 is 21.1 Å². The van der Waals surface area contributed by atoms with Crippen LogP contribution in [0, 0.1) is 12.1 Å². The maximum Gasteiger partial charge on any atom is 2.00 e. The van der Waals surface area contributed by atoms with Gasteiger partial charge in [-0.1, -0.05) is 84.0 Å². The first-order valence-corrected chi connectivity index (χ1v) is 15.3. The first-order chi connectivity index (χ1) is 21.3. The van der Waals surface area contributed by atoms with E-state index in [9.17, 15) is 0 Å². The van der Waals surface area contributed by atoms with Crippen LogP contribution in [0.4, 0.5) is 0 Å². The molecule has 0 saturated carbocycles. The molecular formula is C39H38N4OPt. The van der Waals surface area contributed by atoms with E-state index >= 15 is 0 Å². The number of aromatic nitrogens is 4. The number of hydrogen-bond acceptors (Lipinski definition) is 3. The monoisotopic (exact) mass is 773 g/mol. The summed E-state index contributed by atoms with van der Waals surface area (Å²) < 4.78 is 10.7. The van der Waals surface area contributed by atoms with Crippen molar-refractivity contribution < 1.29 is 25.8 Å². The second-order valence-corrected chi connectivity index (χ2v) is 12.1. The molecule has 0 aliphatic carbocycles. The topological polar surface area (TPSA) is 44.9 Å². The molecule has 0 saturated heterocycles. The zero-order valence-electron chi connectivity index (χ0n) is 26.6. The fourth-order valence-electron chi connectivity index (χ4n) is 5.63. The summed E-state index contributed by atoms with van der Waals surface area (Å²) in [6.45, 7) is 13.3. The summed E-state index contributed by atoms with van der Waals surface area (Å²) >= 11 is 0. The van der Waals surface area contributed by atoms with E-state index in [2.05, 4.69) is 101 Å². The third kappa shape index (κ3) is 6.74. The Morgan fingerprint density at radius 1 is 0.667 bits per heavy atom. The molecule has 0 aliphatic heterocycles. The van der Waals surface area contributed by atoms with Crippen LogP contribution in [-0.2, 0) is 21.1 Å². The molecule has 2 heterocycles. The van der Waals surface area contributed by atoms with Crippen molar-refractivity contribution in [2.24, 2.45) is 0 Å². The molecule has 0 bridgehead atoms. The second-order valence-electron chi connectivity index (χ2n) is 12.1. The van der Waals surface area contributed by atoms with Crippen molar-refractivity contribution in [1.82, 2.24) is 19.1 Å². The zero-order chi connectivity index (χ0) is 30.8. The van der Waals surface area contributed by atoms with Crippen molar-refractivity contribution in [3.63, 3.8) is 0 Å². The fourth-order valence-corrected chi connectivity index (χ4v) is 5.63. The molecule has 0 radical (unpaired) electrons. The van der Waals surface area contributed by atoms with E-state index in [0.717, 1.165) is 28.2 Å². The quantitative estimate of drug-likeness (QED) is 0.138. The molecule has 0 N–H and O–H groups in total. The predicted molar refractivity (Wildman–Crippen MR) is 178 cm³/mol. The number of nitrogens with zero attached hydrogens (tertiary/aromatic N) is 4. The maximum absolute atomic E-state index is 6.50. The molecule has 5 nitrogen and oxygen atoms in total. The molecule has 4 aromatic carbocycles. The van der Waals surface area contributed by atoms with Gasteiger partial charge in [-0.15, -0.1) is 59.7 Å². The Morgan fingerprint density at radius 2 is 1.31 bits per heavy atom. The van der Waals surface area contributed by atoms with Gasteiger partial charge in [0.15, 0.2) is 0 Å². The summed E-state index contributed by atoms with van der Waals surface area (Å²) in [6, 6.07) is 36.0. The van der Waals surface area contributed by atoms with E-state index in [4.69, 9.17) is 14.7 Å². The molecule has 6 heteroatoms. The number of imidazole rings is 2. The van der Waals surface area contributed by atoms with Gasteiger partial charge in [-0.25, -0.2) is 4.98 Å². The summed E-state index contributed by atoms with van der Waals surface area (Å²) in [5, 5.41) is 0. The summed E-state index contributed by atoms with van der Waals surface area (Å²) in [5.41, 5.74) is 9.45. The minimum atomic E-state index is 0. The Bertz CT molecular complexity index is 1860. The van der Waals surface area contributed by atoms with Crippen LogP contribution in [0.15, 0.2) is 104 Å². The van der Waals surface area contributed by atoms with E-state index in [1.165, 1.54) is 22.4 Å². The van der Waals surface area contributed by atoms with Crippen LogP contribution >= 0.6 is 0 Å². The molecular weight excluding hydrogens is 736 g/mol. The molecule has 0 fully saturated rings. The van der Waals surface area contributed by atoms with Crippen molar-refractivity contribution in [2.45, 2.75) is 59.3 Å². The molecule has 0 aliphatic rings. The normalized spacial score (nSPS) is 11.3. The van der Waals surface area contributed by atoms with Gasteiger partial charge in [0.2, 0.25) is 0 Å². The van der Waals surface area contributed by atoms with Crippen LogP contribution in [0.25, 0.3) is 33.9 Å². The Balaban J connectivity index is 0.00000400. The molecule has 0 unspecified atom stereocenters. The van der Waals surface area contributed by atoms with Gasteiger partial charge in [0.05, 0.1) is 17.7 Å². The molecule has 2 aromatic heterocycles. The van der Waals surface area contributed by atoms with Crippen LogP contribution in [0.3, 0.4) is 0 Å². The third-order valence-corrected chi connectivity index (χ3v) is 7.91. The van der Waals surface area contributed by atoms with Crippen molar-refractivity contribution in [1.29, 1.82) is 0 Å². The first-order valence-electron chi connectivity index (χ1n) is 15.3. The van der Waals surface area contributed by atoms with E-state index in [1.54, 1.807) is 0 Å². The largest absolute Gasteiger partial charge is 2.00 e. The van der Waals surface area contributed by atoms with Crippen molar-refractivity contribution in [3.8, 4) is 45.6 Å². The molecule has 45 heavy (non-hydrogen) atoms. The van der Waals surface area contributed by atoms with Crippen molar-refractivity contribution in [2.75, 3.05) is 0 Å². The summed E-state index contributed by atoms with van der Waals surface area (Å²) in [6.07, 6.45) is 6.01. The van der Waals surface area contributed by atoms with Crippen molar-refractivity contribution >= 4 is 0 Å². The Morgan fingerprint density at radius 3 is 2.00 bits per heavy atom. The van der Waals surface area contributed by atoms with Gasteiger partial charge < -0.3 is 9.30 Å². The van der Waals surface area contributed by atoms with E-state index in [-0.39, 0.29) is 21.1 Å². The molecule has 6 aromatic rings. The van der Waals surface area contributed by atoms with E-state index in [0.29, 0.717) is 29.5 Å². The molecule has 6 rings (SSSR count). The molecule has 0 spiro atoms. The SMILES string of the molecule is CC(C)c1ccccc1-n1cc(-c2[c-]cccc2)nc1Oc1[c-]c(-c2cn(-c3c(C(C)C)cccc3C(C)C)cn2)ccc1.[Pt+2]. The summed E-state index contributed by atoms with van der Waals surface area (Å²) in [7, 11) is 0. The average molecular weight is 774 g/mol. The van der Waals surface area contributed by atoms with E-state index in [1.807, 2.05) is 65.6 Å². The van der Waals surface area contributed by atoms with E-state index < -0.39 is 0 Å². The Hall–Kier alpha value is -4.21. The number of benzene rings is 4. The van der Waals surface area contributed by atoms with Gasteiger partial charge in [0.25, 0.3) is 6.01 Å². The van der Waals surface area contributed by atoms with Gasteiger partial charge in [0, 0.05) is 17.1 Å². The van der Waals surface area contributed by atoms with Gasteiger partial charge in [-0.2, -0.15) is 0 Å². The minimum Gasteiger partial charge on any atom is -0.446 e.